The Bertz CT molecular complexity index is 466. The second kappa shape index (κ2) is 5.07. The van der Waals surface area contributed by atoms with E-state index in [1.807, 2.05) is 0 Å². The number of hydrogen-bond acceptors (Lipinski definition) is 5. The van der Waals surface area contributed by atoms with Crippen LogP contribution in [0.5, 0.6) is 0 Å². The molecule has 8 heteroatoms. The number of nitrogens with one attached hydrogen (secondary N) is 1. The first-order valence-electron chi connectivity index (χ1n) is 3.89. The second-order valence-electron chi connectivity index (χ2n) is 2.67. The highest BCUT2D eigenvalue weighted by molar-refractivity contribution is 14.1. The molecular weight excluding hydrogens is 317 g/mol. The van der Waals surface area contributed by atoms with Crippen molar-refractivity contribution in [2.45, 2.75) is 10.5 Å². The van der Waals surface area contributed by atoms with Gasteiger partial charge in [-0.15, -0.1) is 0 Å². The molecule has 0 aliphatic heterocycles. The van der Waals surface area contributed by atoms with Crippen molar-refractivity contribution in [3.05, 3.63) is 33.1 Å². The fourth-order valence-corrected chi connectivity index (χ4v) is 1.48. The molecule has 0 saturated carbocycles. The summed E-state index contributed by atoms with van der Waals surface area (Å²) in [6.45, 7) is 0.0895. The lowest BCUT2D eigenvalue weighted by molar-refractivity contribution is -0.143. The molecule has 7 nitrogen and oxygen atoms in total. The topological polar surface area (TPSA) is 107 Å². The van der Waals surface area contributed by atoms with Gasteiger partial charge < -0.3 is 4.84 Å². The number of nitrogens with two attached hydrogens (primary N) is 1. The molecule has 3 N–H and O–H groups in total. The molecule has 0 spiro atoms. The summed E-state index contributed by atoms with van der Waals surface area (Å²) < 4.78 is 0.603. The molecule has 1 atom stereocenters. The molecule has 82 valence electrons. The lowest BCUT2D eigenvalue weighted by atomic mass is 10.4. The van der Waals surface area contributed by atoms with Gasteiger partial charge in [0.25, 0.3) is 5.56 Å². The van der Waals surface area contributed by atoms with E-state index in [0.717, 1.165) is 0 Å². The number of aromatic amines is 1. The van der Waals surface area contributed by atoms with Gasteiger partial charge in [-0.2, -0.15) is 5.90 Å². The van der Waals surface area contributed by atoms with E-state index in [1.165, 1.54) is 16.8 Å². The van der Waals surface area contributed by atoms with Gasteiger partial charge >= 0.3 is 11.7 Å². The first-order valence-corrected chi connectivity index (χ1v) is 5.13. The quantitative estimate of drug-likeness (QED) is 0.411. The monoisotopic (exact) mass is 325 g/mol. The van der Waals surface area contributed by atoms with Crippen molar-refractivity contribution in [1.29, 1.82) is 0 Å². The fourth-order valence-electron chi connectivity index (χ4n) is 0.909. The van der Waals surface area contributed by atoms with Crippen molar-refractivity contribution < 1.29 is 9.63 Å². The molecule has 1 unspecified atom stereocenters. The van der Waals surface area contributed by atoms with Crippen LogP contribution in [0.2, 0.25) is 0 Å². The highest BCUT2D eigenvalue weighted by Gasteiger charge is 2.16. The number of rotatable bonds is 3. The van der Waals surface area contributed by atoms with Crippen molar-refractivity contribution >= 4 is 28.6 Å². The van der Waals surface area contributed by atoms with Crippen LogP contribution in [0.25, 0.3) is 0 Å². The number of carbonyl (C=O) groups excluding carboxylic acids is 1. The van der Waals surface area contributed by atoms with E-state index in [0.29, 0.717) is 0 Å². The smallest absolute Gasteiger partial charge is 0.339 e. The van der Waals surface area contributed by atoms with Crippen LogP contribution in [0.1, 0.15) is 0 Å². The van der Waals surface area contributed by atoms with E-state index in [1.54, 1.807) is 22.6 Å². The van der Waals surface area contributed by atoms with Crippen LogP contribution in [-0.2, 0) is 16.2 Å². The third kappa shape index (κ3) is 3.16. The van der Waals surface area contributed by atoms with Crippen LogP contribution in [0, 0.1) is 0 Å². The minimum absolute atomic E-state index is 0.0895. The Balaban J connectivity index is 2.86. The first-order chi connectivity index (χ1) is 7.04. The molecule has 1 heterocycles. The number of aromatic nitrogens is 2. The van der Waals surface area contributed by atoms with Crippen molar-refractivity contribution in [2.75, 3.05) is 0 Å². The molecule has 0 radical (unpaired) electrons. The van der Waals surface area contributed by atoms with Crippen LogP contribution in [-0.4, -0.2) is 19.4 Å². The molecular formula is C7H8IN3O4. The fraction of sp³-hybridized carbons (Fsp3) is 0.286. The van der Waals surface area contributed by atoms with E-state index >= 15 is 0 Å². The zero-order valence-corrected chi connectivity index (χ0v) is 9.63. The van der Waals surface area contributed by atoms with Crippen molar-refractivity contribution in [2.24, 2.45) is 5.90 Å². The largest absolute Gasteiger partial charge is 0.372 e. The van der Waals surface area contributed by atoms with E-state index in [-0.39, 0.29) is 6.54 Å². The molecule has 1 aromatic rings. The van der Waals surface area contributed by atoms with E-state index < -0.39 is 21.1 Å². The number of halogens is 1. The summed E-state index contributed by atoms with van der Waals surface area (Å²) in [6, 6.07) is 1.19. The van der Waals surface area contributed by atoms with Crippen molar-refractivity contribution in [3.8, 4) is 0 Å². The van der Waals surface area contributed by atoms with E-state index in [2.05, 4.69) is 15.7 Å². The van der Waals surface area contributed by atoms with Crippen LogP contribution in [0.15, 0.2) is 21.9 Å². The molecule has 0 aliphatic carbocycles. The van der Waals surface area contributed by atoms with Gasteiger partial charge in [-0.25, -0.2) is 9.59 Å². The Morgan fingerprint density at radius 3 is 2.87 bits per heavy atom. The molecule has 15 heavy (non-hydrogen) atoms. The predicted octanol–water partition coefficient (Wildman–Crippen LogP) is -1.24. The summed E-state index contributed by atoms with van der Waals surface area (Å²) in [7, 11) is 0. The summed E-state index contributed by atoms with van der Waals surface area (Å²) in [5.74, 6) is 4.06. The van der Waals surface area contributed by atoms with Gasteiger partial charge in [0.15, 0.2) is 0 Å². The summed E-state index contributed by atoms with van der Waals surface area (Å²) in [5.41, 5.74) is -1.06. The Morgan fingerprint density at radius 1 is 1.67 bits per heavy atom. The van der Waals surface area contributed by atoms with Crippen molar-refractivity contribution in [1.82, 2.24) is 9.55 Å². The van der Waals surface area contributed by atoms with E-state index in [4.69, 9.17) is 0 Å². The maximum Gasteiger partial charge on any atom is 0.339 e. The van der Waals surface area contributed by atoms with Gasteiger partial charge in [0.1, 0.15) is 3.92 Å². The van der Waals surface area contributed by atoms with Crippen LogP contribution in [0.3, 0.4) is 0 Å². The van der Waals surface area contributed by atoms with Gasteiger partial charge in [0.2, 0.25) is 0 Å². The Hall–Kier alpha value is -1.16. The summed E-state index contributed by atoms with van der Waals surface area (Å²) in [5, 5.41) is 0. The third-order valence-electron chi connectivity index (χ3n) is 1.63. The Labute approximate surface area is 97.3 Å². The highest BCUT2D eigenvalue weighted by atomic mass is 127. The van der Waals surface area contributed by atoms with Gasteiger partial charge in [0, 0.05) is 18.8 Å². The van der Waals surface area contributed by atoms with Gasteiger partial charge in [0.05, 0.1) is 0 Å². The van der Waals surface area contributed by atoms with Crippen LogP contribution >= 0.6 is 22.6 Å². The zero-order valence-electron chi connectivity index (χ0n) is 7.47. The molecule has 0 bridgehead atoms. The normalized spacial score (nSPS) is 12.1. The predicted molar refractivity (Wildman–Crippen MR) is 59.4 cm³/mol. The molecule has 0 aromatic carbocycles. The number of H-pyrrole nitrogens is 1. The number of hydrogen-bond donors (Lipinski definition) is 2. The SMILES string of the molecule is NOC(=O)C(I)Cn1ccc(=O)[nH]c1=O. The lowest BCUT2D eigenvalue weighted by Crippen LogP contribution is -2.34. The molecule has 1 rings (SSSR count). The molecule has 1 aromatic heterocycles. The summed E-state index contributed by atoms with van der Waals surface area (Å²) in [4.78, 5) is 39.0. The third-order valence-corrected chi connectivity index (χ3v) is 2.53. The maximum atomic E-state index is 11.2. The van der Waals surface area contributed by atoms with Crippen molar-refractivity contribution in [3.63, 3.8) is 0 Å². The van der Waals surface area contributed by atoms with Gasteiger partial charge in [-0.3, -0.25) is 14.3 Å². The average molecular weight is 325 g/mol. The Morgan fingerprint density at radius 2 is 2.33 bits per heavy atom. The van der Waals surface area contributed by atoms with Crippen LogP contribution < -0.4 is 17.1 Å². The summed E-state index contributed by atoms with van der Waals surface area (Å²) >= 11 is 1.79. The zero-order chi connectivity index (χ0) is 11.4. The van der Waals surface area contributed by atoms with Gasteiger partial charge in [-0.05, 0) is 0 Å². The Kier molecular flexibility index (Phi) is 4.03. The molecule has 0 amide bonds. The standard InChI is InChI=1S/C7H8IN3O4/c8-4(6(13)15-9)3-11-2-1-5(12)10-7(11)14/h1-2,4H,3,9H2,(H,10,12,14). The van der Waals surface area contributed by atoms with Crippen LogP contribution in [0.4, 0.5) is 0 Å². The first kappa shape index (κ1) is 11.9. The molecule has 0 fully saturated rings. The number of nitrogens with zero attached hydrogens (tertiary/aromatic N) is 1. The highest BCUT2D eigenvalue weighted by Crippen LogP contribution is 2.03. The number of alkyl halides is 1. The minimum Gasteiger partial charge on any atom is -0.372 e. The second-order valence-corrected chi connectivity index (χ2v) is 4.17. The lowest BCUT2D eigenvalue weighted by Gasteiger charge is -2.08. The maximum absolute atomic E-state index is 11.2. The molecule has 0 aliphatic rings. The summed E-state index contributed by atoms with van der Waals surface area (Å²) in [6.07, 6.45) is 1.30. The minimum atomic E-state index is -0.631. The van der Waals surface area contributed by atoms with Gasteiger partial charge in [-0.1, -0.05) is 22.6 Å². The number of carbonyl (C=O) groups is 1. The average Bonchev–Trinajstić information content (AvgIpc) is 2.20. The van der Waals surface area contributed by atoms with E-state index in [9.17, 15) is 14.4 Å². The molecule has 0 saturated heterocycles.